The van der Waals surface area contributed by atoms with Gasteiger partial charge in [0.15, 0.2) is 0 Å². The minimum absolute atomic E-state index is 0.372. The predicted molar refractivity (Wildman–Crippen MR) is 54.5 cm³/mol. The van der Waals surface area contributed by atoms with Crippen molar-refractivity contribution in [2.24, 2.45) is 17.8 Å². The third-order valence-corrected chi connectivity index (χ3v) is 4.63. The molecule has 1 nitrogen and oxygen atoms in total. The van der Waals surface area contributed by atoms with Crippen LogP contribution in [-0.2, 0) is 0 Å². The molecule has 0 saturated heterocycles. The molecule has 0 aromatic heterocycles. The fraction of sp³-hybridized carbons (Fsp3) is 1.00. The summed E-state index contributed by atoms with van der Waals surface area (Å²) >= 11 is 0. The maximum atomic E-state index is 10.4. The number of aliphatic hydroxyl groups is 1. The Labute approximate surface area is 81.5 Å². The molecular formula is C12H22O. The van der Waals surface area contributed by atoms with Gasteiger partial charge < -0.3 is 5.11 Å². The molecule has 0 bridgehead atoms. The van der Waals surface area contributed by atoms with Crippen LogP contribution in [0.5, 0.6) is 0 Å². The zero-order chi connectivity index (χ0) is 9.47. The first kappa shape index (κ1) is 9.51. The molecule has 76 valence electrons. The Kier molecular flexibility index (Phi) is 2.39. The molecule has 4 unspecified atom stereocenters. The highest BCUT2D eigenvalue weighted by Gasteiger charge is 2.45. The predicted octanol–water partition coefficient (Wildman–Crippen LogP) is 2.97. The van der Waals surface area contributed by atoms with E-state index < -0.39 is 0 Å². The van der Waals surface area contributed by atoms with Crippen LogP contribution in [0.25, 0.3) is 0 Å². The molecule has 2 aliphatic rings. The second-order valence-corrected chi connectivity index (χ2v) is 5.36. The molecule has 0 spiro atoms. The van der Waals surface area contributed by atoms with Crippen LogP contribution in [0.2, 0.25) is 0 Å². The summed E-state index contributed by atoms with van der Waals surface area (Å²) in [5.74, 6) is 1.94. The molecule has 0 aromatic carbocycles. The van der Waals surface area contributed by atoms with Crippen LogP contribution in [0.4, 0.5) is 0 Å². The summed E-state index contributed by atoms with van der Waals surface area (Å²) < 4.78 is 0. The maximum absolute atomic E-state index is 10.4. The highest BCUT2D eigenvalue weighted by Crippen LogP contribution is 2.48. The topological polar surface area (TPSA) is 20.2 Å². The van der Waals surface area contributed by atoms with Crippen molar-refractivity contribution in [2.75, 3.05) is 0 Å². The van der Waals surface area contributed by atoms with E-state index in [0.29, 0.717) is 11.8 Å². The van der Waals surface area contributed by atoms with Crippen LogP contribution in [-0.4, -0.2) is 10.7 Å². The first-order valence-electron chi connectivity index (χ1n) is 5.84. The van der Waals surface area contributed by atoms with Crippen LogP contribution in [0.15, 0.2) is 0 Å². The molecule has 1 N–H and O–H groups in total. The average Bonchev–Trinajstić information content (AvgIpc) is 2.13. The molecule has 1 heteroatoms. The molecular weight excluding hydrogens is 160 g/mol. The van der Waals surface area contributed by atoms with Crippen molar-refractivity contribution in [3.63, 3.8) is 0 Å². The minimum atomic E-state index is -0.372. The fourth-order valence-electron chi connectivity index (χ4n) is 3.44. The highest BCUT2D eigenvalue weighted by molar-refractivity contribution is 4.96. The summed E-state index contributed by atoms with van der Waals surface area (Å²) in [4.78, 5) is 0. The lowest BCUT2D eigenvalue weighted by atomic mass is 9.60. The first-order chi connectivity index (χ1) is 6.12. The van der Waals surface area contributed by atoms with Gasteiger partial charge in [-0.3, -0.25) is 0 Å². The van der Waals surface area contributed by atoms with Crippen molar-refractivity contribution in [1.82, 2.24) is 0 Å². The second kappa shape index (κ2) is 3.27. The smallest absolute Gasteiger partial charge is 0.0675 e. The van der Waals surface area contributed by atoms with E-state index in [1.54, 1.807) is 0 Å². The van der Waals surface area contributed by atoms with Crippen LogP contribution in [0.1, 0.15) is 52.4 Å². The van der Waals surface area contributed by atoms with Crippen molar-refractivity contribution in [3.05, 3.63) is 0 Å². The van der Waals surface area contributed by atoms with E-state index in [4.69, 9.17) is 0 Å². The summed E-state index contributed by atoms with van der Waals surface area (Å²) in [7, 11) is 0. The van der Waals surface area contributed by atoms with Gasteiger partial charge in [0.1, 0.15) is 0 Å². The number of hydrogen-bond donors (Lipinski definition) is 1. The molecule has 0 aliphatic heterocycles. The van der Waals surface area contributed by atoms with E-state index in [0.717, 1.165) is 5.92 Å². The zero-order valence-electron chi connectivity index (χ0n) is 8.92. The molecule has 0 amide bonds. The number of fused-ring (bicyclic) bond motifs is 1. The Balaban J connectivity index is 2.14. The monoisotopic (exact) mass is 182 g/mol. The van der Waals surface area contributed by atoms with E-state index in [2.05, 4.69) is 13.8 Å². The molecule has 2 saturated carbocycles. The van der Waals surface area contributed by atoms with Crippen LogP contribution in [0, 0.1) is 17.8 Å². The molecule has 2 aliphatic carbocycles. The quantitative estimate of drug-likeness (QED) is 0.610. The van der Waals surface area contributed by atoms with E-state index in [9.17, 15) is 5.11 Å². The van der Waals surface area contributed by atoms with E-state index in [1.807, 2.05) is 0 Å². The Morgan fingerprint density at radius 2 is 1.77 bits per heavy atom. The molecule has 0 radical (unpaired) electrons. The van der Waals surface area contributed by atoms with Gasteiger partial charge in [0.25, 0.3) is 0 Å². The van der Waals surface area contributed by atoms with Crippen LogP contribution >= 0.6 is 0 Å². The summed E-state index contributed by atoms with van der Waals surface area (Å²) in [5, 5.41) is 10.4. The molecule has 13 heavy (non-hydrogen) atoms. The third kappa shape index (κ3) is 1.52. The summed E-state index contributed by atoms with van der Waals surface area (Å²) in [6, 6.07) is 0. The van der Waals surface area contributed by atoms with Gasteiger partial charge in [-0.1, -0.05) is 26.2 Å². The average molecular weight is 182 g/mol. The van der Waals surface area contributed by atoms with Crippen molar-refractivity contribution in [1.29, 1.82) is 0 Å². The van der Waals surface area contributed by atoms with Gasteiger partial charge in [-0.05, 0) is 43.9 Å². The van der Waals surface area contributed by atoms with Crippen molar-refractivity contribution in [3.8, 4) is 0 Å². The van der Waals surface area contributed by atoms with E-state index >= 15 is 0 Å². The molecule has 2 rings (SSSR count). The molecule has 2 fully saturated rings. The fourth-order valence-corrected chi connectivity index (χ4v) is 3.44. The number of hydrogen-bond acceptors (Lipinski definition) is 1. The second-order valence-electron chi connectivity index (χ2n) is 5.36. The van der Waals surface area contributed by atoms with Gasteiger partial charge in [-0.15, -0.1) is 0 Å². The standard InChI is InChI=1S/C12H22O/c1-9-7-8-10-5-3-4-6-11(10)12(9,2)13/h9-11,13H,3-8H2,1-2H3. The lowest BCUT2D eigenvalue weighted by Gasteiger charge is -2.49. The van der Waals surface area contributed by atoms with Gasteiger partial charge in [-0.25, -0.2) is 0 Å². The van der Waals surface area contributed by atoms with Crippen LogP contribution in [0.3, 0.4) is 0 Å². The Morgan fingerprint density at radius 1 is 1.08 bits per heavy atom. The minimum Gasteiger partial charge on any atom is -0.390 e. The SMILES string of the molecule is CC1CCC2CCCCC2C1(C)O. The number of rotatable bonds is 0. The van der Waals surface area contributed by atoms with Crippen molar-refractivity contribution in [2.45, 2.75) is 58.0 Å². The molecule has 4 atom stereocenters. The van der Waals surface area contributed by atoms with Gasteiger partial charge in [0.2, 0.25) is 0 Å². The Morgan fingerprint density at radius 3 is 2.54 bits per heavy atom. The summed E-state index contributed by atoms with van der Waals surface area (Å²) in [5.41, 5.74) is -0.372. The Bertz CT molecular complexity index is 186. The first-order valence-corrected chi connectivity index (χ1v) is 5.84. The normalized spacial score (nSPS) is 51.5. The molecule has 0 aromatic rings. The van der Waals surface area contributed by atoms with E-state index in [-0.39, 0.29) is 5.60 Å². The maximum Gasteiger partial charge on any atom is 0.0675 e. The van der Waals surface area contributed by atoms with Gasteiger partial charge in [0.05, 0.1) is 5.60 Å². The Hall–Kier alpha value is -0.0400. The van der Waals surface area contributed by atoms with Crippen molar-refractivity contribution < 1.29 is 5.11 Å². The lowest BCUT2D eigenvalue weighted by molar-refractivity contribution is -0.110. The van der Waals surface area contributed by atoms with Crippen LogP contribution < -0.4 is 0 Å². The summed E-state index contributed by atoms with van der Waals surface area (Å²) in [6.45, 7) is 4.28. The third-order valence-electron chi connectivity index (χ3n) is 4.63. The zero-order valence-corrected chi connectivity index (χ0v) is 8.92. The van der Waals surface area contributed by atoms with Gasteiger partial charge in [0, 0.05) is 0 Å². The molecule has 0 heterocycles. The van der Waals surface area contributed by atoms with E-state index in [1.165, 1.54) is 38.5 Å². The van der Waals surface area contributed by atoms with Crippen molar-refractivity contribution >= 4 is 0 Å². The largest absolute Gasteiger partial charge is 0.390 e. The highest BCUT2D eigenvalue weighted by atomic mass is 16.3. The van der Waals surface area contributed by atoms with Gasteiger partial charge in [-0.2, -0.15) is 0 Å². The van der Waals surface area contributed by atoms with Gasteiger partial charge >= 0.3 is 0 Å². The summed E-state index contributed by atoms with van der Waals surface area (Å²) in [6.07, 6.45) is 7.96. The lowest BCUT2D eigenvalue weighted by Crippen LogP contribution is -2.49.